The summed E-state index contributed by atoms with van der Waals surface area (Å²) in [6.45, 7) is 0. The molecule has 0 spiro atoms. The fraction of sp³-hybridized carbons (Fsp3) is 0.600. The van der Waals surface area contributed by atoms with Gasteiger partial charge in [-0.05, 0) is 12.8 Å². The van der Waals surface area contributed by atoms with E-state index in [4.69, 9.17) is 9.90 Å². The molecule has 1 aliphatic carbocycles. The lowest BCUT2D eigenvalue weighted by Crippen LogP contribution is -1.94. The second-order valence-corrected chi connectivity index (χ2v) is 1.75. The third kappa shape index (κ3) is 4.80. The molecule has 0 saturated heterocycles. The van der Waals surface area contributed by atoms with E-state index < -0.39 is 5.97 Å². The summed E-state index contributed by atoms with van der Waals surface area (Å²) in [5, 5.41) is 8.05. The summed E-state index contributed by atoms with van der Waals surface area (Å²) in [4.78, 5) is 18.3. The molecule has 0 aliphatic heterocycles. The van der Waals surface area contributed by atoms with Crippen molar-refractivity contribution in [3.05, 3.63) is 0 Å². The van der Waals surface area contributed by atoms with Crippen LogP contribution in [0.4, 0.5) is 0 Å². The molecule has 1 aliphatic rings. The molecule has 4 heteroatoms. The van der Waals surface area contributed by atoms with Crippen LogP contribution in [0.5, 0.6) is 0 Å². The number of carbonyl (C=O) groups is 2. The van der Waals surface area contributed by atoms with E-state index in [1.54, 1.807) is 0 Å². The van der Waals surface area contributed by atoms with Gasteiger partial charge in [-0.1, -0.05) is 0 Å². The van der Waals surface area contributed by atoms with Gasteiger partial charge in [0.2, 0.25) is 6.41 Å². The Labute approximate surface area is 52.7 Å². The van der Waals surface area contributed by atoms with Gasteiger partial charge in [-0.25, -0.2) is 0 Å². The van der Waals surface area contributed by atoms with E-state index >= 15 is 0 Å². The minimum atomic E-state index is -0.630. The predicted octanol–water partition coefficient (Wildman–Crippen LogP) is -0.418. The number of carboxylic acids is 1. The van der Waals surface area contributed by atoms with Crippen molar-refractivity contribution < 1.29 is 14.7 Å². The molecule has 1 amide bonds. The second-order valence-electron chi connectivity index (χ2n) is 1.75. The number of nitrogens with two attached hydrogens (primary N) is 1. The van der Waals surface area contributed by atoms with E-state index in [1.807, 2.05) is 0 Å². The molecule has 0 atom stereocenters. The molecule has 3 N–H and O–H groups in total. The summed E-state index contributed by atoms with van der Waals surface area (Å²) < 4.78 is 0. The maximum Gasteiger partial charge on any atom is 0.306 e. The Balaban J connectivity index is 0.000000187. The zero-order valence-electron chi connectivity index (χ0n) is 4.91. The second kappa shape index (κ2) is 3.88. The first-order valence-corrected chi connectivity index (χ1v) is 2.60. The van der Waals surface area contributed by atoms with Crippen LogP contribution in [-0.2, 0) is 9.59 Å². The fourth-order valence-corrected chi connectivity index (χ4v) is 0.330. The van der Waals surface area contributed by atoms with E-state index in [0.717, 1.165) is 12.8 Å². The molecule has 52 valence electrons. The van der Waals surface area contributed by atoms with Crippen molar-refractivity contribution in [1.29, 1.82) is 0 Å². The van der Waals surface area contributed by atoms with E-state index in [-0.39, 0.29) is 12.3 Å². The number of carbonyl (C=O) groups excluding carboxylic acids is 1. The van der Waals surface area contributed by atoms with Gasteiger partial charge in [-0.3, -0.25) is 9.59 Å². The van der Waals surface area contributed by atoms with Crippen LogP contribution in [0, 0.1) is 5.92 Å². The number of primary amides is 1. The van der Waals surface area contributed by atoms with Crippen LogP contribution < -0.4 is 5.73 Å². The predicted molar refractivity (Wildman–Crippen MR) is 30.6 cm³/mol. The first-order valence-electron chi connectivity index (χ1n) is 2.60. The summed E-state index contributed by atoms with van der Waals surface area (Å²) in [5.41, 5.74) is 4.17. The smallest absolute Gasteiger partial charge is 0.306 e. The molecule has 4 nitrogen and oxygen atoms in total. The summed E-state index contributed by atoms with van der Waals surface area (Å²) in [7, 11) is 0. The molecule has 9 heavy (non-hydrogen) atoms. The van der Waals surface area contributed by atoms with E-state index in [9.17, 15) is 4.79 Å². The molecule has 1 rings (SSSR count). The average molecular weight is 131 g/mol. The molecule has 1 saturated carbocycles. The number of amides is 1. The SMILES string of the molecule is NC=O.O=C(O)C1CC1. The van der Waals surface area contributed by atoms with Crippen LogP contribution in [-0.4, -0.2) is 17.5 Å². The molecule has 0 aromatic rings. The van der Waals surface area contributed by atoms with Gasteiger partial charge < -0.3 is 10.8 Å². The van der Waals surface area contributed by atoms with Gasteiger partial charge in [-0.2, -0.15) is 0 Å². The summed E-state index contributed by atoms with van der Waals surface area (Å²) in [6.07, 6.45) is 2.05. The number of aliphatic carboxylic acids is 1. The Bertz CT molecular complexity index is 109. The lowest BCUT2D eigenvalue weighted by atomic mass is 10.5. The number of rotatable bonds is 1. The largest absolute Gasteiger partial charge is 0.481 e. The van der Waals surface area contributed by atoms with Gasteiger partial charge in [0.05, 0.1) is 5.92 Å². The van der Waals surface area contributed by atoms with Gasteiger partial charge in [0, 0.05) is 0 Å². The van der Waals surface area contributed by atoms with Crippen molar-refractivity contribution in [3.8, 4) is 0 Å². The highest BCUT2D eigenvalue weighted by molar-refractivity contribution is 5.72. The van der Waals surface area contributed by atoms with E-state index in [1.165, 1.54) is 0 Å². The van der Waals surface area contributed by atoms with Crippen LogP contribution in [0.15, 0.2) is 0 Å². The molecular weight excluding hydrogens is 122 g/mol. The average Bonchev–Trinajstić information content (AvgIpc) is 2.44. The molecular formula is C5H9NO3. The monoisotopic (exact) mass is 131 g/mol. The van der Waals surface area contributed by atoms with Gasteiger partial charge in [0.1, 0.15) is 0 Å². The van der Waals surface area contributed by atoms with Crippen LogP contribution >= 0.6 is 0 Å². The fourth-order valence-electron chi connectivity index (χ4n) is 0.330. The Morgan fingerprint density at radius 2 is 2.00 bits per heavy atom. The van der Waals surface area contributed by atoms with E-state index in [2.05, 4.69) is 5.73 Å². The number of carboxylic acid groups (broad SMARTS) is 1. The molecule has 0 heterocycles. The van der Waals surface area contributed by atoms with Gasteiger partial charge >= 0.3 is 5.97 Å². The zero-order chi connectivity index (χ0) is 7.28. The van der Waals surface area contributed by atoms with Crippen molar-refractivity contribution in [2.75, 3.05) is 0 Å². The summed E-state index contributed by atoms with van der Waals surface area (Å²) >= 11 is 0. The van der Waals surface area contributed by atoms with Crippen LogP contribution in [0.25, 0.3) is 0 Å². The quantitative estimate of drug-likeness (QED) is 0.474. The van der Waals surface area contributed by atoms with Crippen molar-refractivity contribution in [1.82, 2.24) is 0 Å². The van der Waals surface area contributed by atoms with Crippen molar-refractivity contribution in [3.63, 3.8) is 0 Å². The molecule has 0 aromatic heterocycles. The van der Waals surface area contributed by atoms with Crippen LogP contribution in [0.1, 0.15) is 12.8 Å². The maximum absolute atomic E-state index is 9.76. The first-order chi connectivity index (χ1) is 4.22. The van der Waals surface area contributed by atoms with Crippen LogP contribution in [0.2, 0.25) is 0 Å². The standard InChI is InChI=1S/C4H6O2.CH3NO/c5-4(6)3-1-2-3;2-1-3/h3H,1-2H2,(H,5,6);1H,(H2,2,3). The third-order valence-electron chi connectivity index (χ3n) is 0.927. The van der Waals surface area contributed by atoms with Gasteiger partial charge in [0.25, 0.3) is 0 Å². The Morgan fingerprint density at radius 3 is 2.00 bits per heavy atom. The summed E-state index contributed by atoms with van der Waals surface area (Å²) in [6, 6.07) is 0. The molecule has 0 unspecified atom stereocenters. The molecule has 1 fully saturated rings. The highest BCUT2D eigenvalue weighted by atomic mass is 16.4. The molecule has 0 aromatic carbocycles. The first kappa shape index (κ1) is 7.94. The maximum atomic E-state index is 9.76. The topological polar surface area (TPSA) is 80.4 Å². The van der Waals surface area contributed by atoms with Crippen molar-refractivity contribution >= 4 is 12.4 Å². The van der Waals surface area contributed by atoms with Gasteiger partial charge in [-0.15, -0.1) is 0 Å². The van der Waals surface area contributed by atoms with E-state index in [0.29, 0.717) is 0 Å². The Hall–Kier alpha value is -1.06. The normalized spacial score (nSPS) is 15.1. The Morgan fingerprint density at radius 1 is 1.67 bits per heavy atom. The number of hydrogen-bond acceptors (Lipinski definition) is 2. The Kier molecular flexibility index (Phi) is 3.43. The number of hydrogen-bond donors (Lipinski definition) is 2. The van der Waals surface area contributed by atoms with Crippen molar-refractivity contribution in [2.45, 2.75) is 12.8 Å². The zero-order valence-corrected chi connectivity index (χ0v) is 4.91. The highest BCUT2D eigenvalue weighted by Crippen LogP contribution is 2.28. The molecule has 0 bridgehead atoms. The third-order valence-corrected chi connectivity index (χ3v) is 0.927. The van der Waals surface area contributed by atoms with Crippen molar-refractivity contribution in [2.24, 2.45) is 11.7 Å². The summed E-state index contributed by atoms with van der Waals surface area (Å²) in [5.74, 6) is -0.611. The minimum Gasteiger partial charge on any atom is -0.481 e. The molecule has 0 radical (unpaired) electrons. The highest BCUT2D eigenvalue weighted by Gasteiger charge is 2.28. The van der Waals surface area contributed by atoms with Gasteiger partial charge in [0.15, 0.2) is 0 Å². The van der Waals surface area contributed by atoms with Crippen LogP contribution in [0.3, 0.4) is 0 Å². The lowest BCUT2D eigenvalue weighted by Gasteiger charge is -1.75. The minimum absolute atomic E-state index is 0.0185. The lowest BCUT2D eigenvalue weighted by molar-refractivity contribution is -0.138.